The van der Waals surface area contributed by atoms with Crippen molar-refractivity contribution in [2.75, 3.05) is 5.32 Å². The van der Waals surface area contributed by atoms with Crippen LogP contribution in [0.3, 0.4) is 0 Å². The van der Waals surface area contributed by atoms with Crippen LogP contribution in [0.2, 0.25) is 0 Å². The van der Waals surface area contributed by atoms with Gasteiger partial charge in [-0.2, -0.15) is 5.10 Å². The summed E-state index contributed by atoms with van der Waals surface area (Å²) in [5.41, 5.74) is -0.0810. The maximum Gasteiger partial charge on any atom is 0.259 e. The van der Waals surface area contributed by atoms with Crippen LogP contribution in [0.1, 0.15) is 56.2 Å². The van der Waals surface area contributed by atoms with Gasteiger partial charge in [0.2, 0.25) is 5.91 Å². The largest absolute Gasteiger partial charge is 0.327 e. The normalized spacial score (nSPS) is 15.6. The van der Waals surface area contributed by atoms with E-state index in [4.69, 9.17) is 0 Å². The third-order valence-corrected chi connectivity index (χ3v) is 4.76. The number of carbonyl (C=O) groups excluding carboxylic acids is 2. The number of hydrogen-bond donors (Lipinski definition) is 2. The molecule has 0 aliphatic carbocycles. The SMILES string of the molecule is CC(C)(C)C(=O)N1Cc2c(NC(=O)c3ccc(F)cc3F)n[nH]c2C1(C)C. The molecule has 0 bridgehead atoms. The molecule has 1 aromatic carbocycles. The predicted molar refractivity (Wildman–Crippen MR) is 95.9 cm³/mol. The molecule has 1 aliphatic heterocycles. The molecule has 1 aromatic heterocycles. The summed E-state index contributed by atoms with van der Waals surface area (Å²) in [4.78, 5) is 26.9. The summed E-state index contributed by atoms with van der Waals surface area (Å²) in [5, 5.41) is 9.54. The Kier molecular flexibility index (Phi) is 4.32. The third kappa shape index (κ3) is 3.20. The zero-order valence-electron chi connectivity index (χ0n) is 15.9. The van der Waals surface area contributed by atoms with Crippen LogP contribution in [-0.4, -0.2) is 26.9 Å². The number of nitrogens with one attached hydrogen (secondary N) is 2. The average molecular weight is 376 g/mol. The minimum absolute atomic E-state index is 0.0287. The van der Waals surface area contributed by atoms with Crippen molar-refractivity contribution >= 4 is 17.6 Å². The van der Waals surface area contributed by atoms with Gasteiger partial charge >= 0.3 is 0 Å². The molecule has 0 atom stereocenters. The lowest BCUT2D eigenvalue weighted by Crippen LogP contribution is -2.46. The lowest BCUT2D eigenvalue weighted by atomic mass is 9.92. The predicted octanol–water partition coefficient (Wildman–Crippen LogP) is 3.56. The van der Waals surface area contributed by atoms with Crippen molar-refractivity contribution in [1.82, 2.24) is 15.1 Å². The number of fused-ring (bicyclic) bond motifs is 1. The Morgan fingerprint density at radius 2 is 1.93 bits per heavy atom. The van der Waals surface area contributed by atoms with Crippen molar-refractivity contribution in [2.24, 2.45) is 5.41 Å². The minimum Gasteiger partial charge on any atom is -0.327 e. The van der Waals surface area contributed by atoms with Gasteiger partial charge in [0.1, 0.15) is 11.6 Å². The maximum absolute atomic E-state index is 13.8. The molecule has 0 fully saturated rings. The van der Waals surface area contributed by atoms with E-state index in [-0.39, 0.29) is 23.8 Å². The highest BCUT2D eigenvalue weighted by molar-refractivity contribution is 6.04. The molecule has 0 saturated carbocycles. The first-order chi connectivity index (χ1) is 12.4. The molecule has 2 amide bonds. The zero-order chi connectivity index (χ0) is 20.1. The molecule has 1 aliphatic rings. The van der Waals surface area contributed by atoms with Crippen molar-refractivity contribution in [1.29, 1.82) is 0 Å². The van der Waals surface area contributed by atoms with Gasteiger partial charge in [-0.15, -0.1) is 0 Å². The van der Waals surface area contributed by atoms with E-state index in [1.807, 2.05) is 34.6 Å². The first-order valence-electron chi connectivity index (χ1n) is 8.59. The van der Waals surface area contributed by atoms with Crippen LogP contribution in [0.25, 0.3) is 0 Å². The Morgan fingerprint density at radius 3 is 2.52 bits per heavy atom. The number of nitrogens with zero attached hydrogens (tertiary/aromatic N) is 2. The molecular formula is C19H22F2N4O2. The van der Waals surface area contributed by atoms with E-state index >= 15 is 0 Å². The second-order valence-corrected chi connectivity index (χ2v) is 8.20. The van der Waals surface area contributed by atoms with Crippen LogP contribution in [0.5, 0.6) is 0 Å². The highest BCUT2D eigenvalue weighted by Gasteiger charge is 2.46. The van der Waals surface area contributed by atoms with Gasteiger partial charge in [0, 0.05) is 17.0 Å². The number of amides is 2. The molecule has 27 heavy (non-hydrogen) atoms. The van der Waals surface area contributed by atoms with Crippen LogP contribution in [0, 0.1) is 17.0 Å². The Bertz CT molecular complexity index is 928. The average Bonchev–Trinajstić information content (AvgIpc) is 3.04. The van der Waals surface area contributed by atoms with E-state index in [2.05, 4.69) is 15.5 Å². The van der Waals surface area contributed by atoms with Gasteiger partial charge in [-0.1, -0.05) is 20.8 Å². The van der Waals surface area contributed by atoms with E-state index in [9.17, 15) is 18.4 Å². The van der Waals surface area contributed by atoms with Gasteiger partial charge in [0.15, 0.2) is 5.82 Å². The molecule has 6 nitrogen and oxygen atoms in total. The van der Waals surface area contributed by atoms with Gasteiger partial charge in [-0.3, -0.25) is 14.7 Å². The van der Waals surface area contributed by atoms with Gasteiger partial charge in [0.05, 0.1) is 23.3 Å². The number of rotatable bonds is 2. The summed E-state index contributed by atoms with van der Waals surface area (Å²) in [6, 6.07) is 2.74. The summed E-state index contributed by atoms with van der Waals surface area (Å²) in [7, 11) is 0. The molecule has 144 valence electrons. The van der Waals surface area contributed by atoms with E-state index < -0.39 is 28.5 Å². The van der Waals surface area contributed by atoms with Gasteiger partial charge in [0.25, 0.3) is 5.91 Å². The lowest BCUT2D eigenvalue weighted by molar-refractivity contribution is -0.145. The van der Waals surface area contributed by atoms with E-state index in [1.54, 1.807) is 4.90 Å². The van der Waals surface area contributed by atoms with Crippen LogP contribution in [0.15, 0.2) is 18.2 Å². The number of hydrogen-bond acceptors (Lipinski definition) is 3. The van der Waals surface area contributed by atoms with E-state index in [1.165, 1.54) is 0 Å². The maximum atomic E-state index is 13.8. The fraction of sp³-hybridized carbons (Fsp3) is 0.421. The minimum atomic E-state index is -0.954. The Hall–Kier alpha value is -2.77. The number of halogens is 2. The molecular weight excluding hydrogens is 354 g/mol. The molecule has 3 rings (SSSR count). The molecule has 2 aromatic rings. The first-order valence-corrected chi connectivity index (χ1v) is 8.59. The Labute approximate surface area is 155 Å². The summed E-state index contributed by atoms with van der Waals surface area (Å²) >= 11 is 0. The zero-order valence-corrected chi connectivity index (χ0v) is 15.9. The smallest absolute Gasteiger partial charge is 0.259 e. The second-order valence-electron chi connectivity index (χ2n) is 8.20. The molecule has 2 heterocycles. The number of aromatic amines is 1. The highest BCUT2D eigenvalue weighted by atomic mass is 19.1. The fourth-order valence-corrected chi connectivity index (χ4v) is 3.20. The van der Waals surface area contributed by atoms with Crippen LogP contribution in [-0.2, 0) is 16.9 Å². The Balaban J connectivity index is 1.89. The van der Waals surface area contributed by atoms with Crippen molar-refractivity contribution in [2.45, 2.75) is 46.7 Å². The van der Waals surface area contributed by atoms with E-state index in [0.717, 1.165) is 17.8 Å². The summed E-state index contributed by atoms with van der Waals surface area (Å²) in [6.07, 6.45) is 0. The number of H-pyrrole nitrogens is 1. The van der Waals surface area contributed by atoms with Gasteiger partial charge in [-0.05, 0) is 26.0 Å². The van der Waals surface area contributed by atoms with Crippen molar-refractivity contribution < 1.29 is 18.4 Å². The summed E-state index contributed by atoms with van der Waals surface area (Å²) in [6.45, 7) is 9.59. The highest BCUT2D eigenvalue weighted by Crippen LogP contribution is 2.42. The summed E-state index contributed by atoms with van der Waals surface area (Å²) in [5.74, 6) is -2.25. The van der Waals surface area contributed by atoms with Crippen LogP contribution < -0.4 is 5.32 Å². The van der Waals surface area contributed by atoms with Crippen molar-refractivity contribution in [3.63, 3.8) is 0 Å². The van der Waals surface area contributed by atoms with Crippen molar-refractivity contribution in [3.05, 3.63) is 46.7 Å². The monoisotopic (exact) mass is 376 g/mol. The number of benzene rings is 1. The number of aromatic nitrogens is 2. The third-order valence-electron chi connectivity index (χ3n) is 4.76. The van der Waals surface area contributed by atoms with Crippen LogP contribution in [0.4, 0.5) is 14.6 Å². The molecule has 0 radical (unpaired) electrons. The molecule has 2 N–H and O–H groups in total. The molecule has 0 saturated heterocycles. The fourth-order valence-electron chi connectivity index (χ4n) is 3.20. The number of anilines is 1. The van der Waals surface area contributed by atoms with Gasteiger partial charge < -0.3 is 10.2 Å². The lowest BCUT2D eigenvalue weighted by Gasteiger charge is -2.36. The first kappa shape index (κ1) is 19.0. The molecule has 0 spiro atoms. The summed E-state index contributed by atoms with van der Waals surface area (Å²) < 4.78 is 26.9. The molecule has 8 heteroatoms. The standard InChI is InChI=1S/C19H22F2N4O2/c1-18(2,3)17(27)25-9-12-14(19(25,4)5)23-24-15(12)22-16(26)11-7-6-10(20)8-13(11)21/h6-8H,9H2,1-5H3,(H2,22,23,24,26). The van der Waals surface area contributed by atoms with Crippen molar-refractivity contribution in [3.8, 4) is 0 Å². The topological polar surface area (TPSA) is 78.1 Å². The molecule has 0 unspecified atom stereocenters. The Morgan fingerprint density at radius 1 is 1.26 bits per heavy atom. The van der Waals surface area contributed by atoms with E-state index in [0.29, 0.717) is 11.6 Å². The quantitative estimate of drug-likeness (QED) is 0.841. The number of carbonyl (C=O) groups is 2. The second kappa shape index (κ2) is 6.14. The van der Waals surface area contributed by atoms with Gasteiger partial charge in [-0.25, -0.2) is 8.78 Å². The van der Waals surface area contributed by atoms with Crippen LogP contribution >= 0.6 is 0 Å².